The molecule has 17 heavy (non-hydrogen) atoms. The van der Waals surface area contributed by atoms with Crippen molar-refractivity contribution >= 4 is 17.1 Å². The summed E-state index contributed by atoms with van der Waals surface area (Å²) in [5.41, 5.74) is 0.957. The van der Waals surface area contributed by atoms with E-state index in [9.17, 15) is 9.90 Å². The molecular formula is C13H12O3S. The van der Waals surface area contributed by atoms with Crippen LogP contribution in [-0.4, -0.2) is 18.0 Å². The highest BCUT2D eigenvalue weighted by molar-refractivity contribution is 7.17. The van der Waals surface area contributed by atoms with E-state index in [1.807, 2.05) is 24.3 Å². The molecule has 0 fully saturated rings. The highest BCUT2D eigenvalue weighted by Crippen LogP contribution is 2.36. The molecule has 0 spiro atoms. The number of benzene rings is 1. The number of hydrogen-bond acceptors (Lipinski definition) is 4. The van der Waals surface area contributed by atoms with Crippen molar-refractivity contribution in [2.45, 2.75) is 6.92 Å². The number of aromatic hydroxyl groups is 1. The quantitative estimate of drug-likeness (QED) is 0.847. The summed E-state index contributed by atoms with van der Waals surface area (Å²) in [6, 6.07) is 9.10. The Morgan fingerprint density at radius 1 is 1.29 bits per heavy atom. The van der Waals surface area contributed by atoms with E-state index in [0.29, 0.717) is 4.88 Å². The topological polar surface area (TPSA) is 46.5 Å². The van der Waals surface area contributed by atoms with Crippen LogP contribution in [0.3, 0.4) is 0 Å². The molecule has 1 N–H and O–H groups in total. The molecule has 0 atom stereocenters. The van der Waals surface area contributed by atoms with Crippen molar-refractivity contribution < 1.29 is 14.6 Å². The van der Waals surface area contributed by atoms with Crippen molar-refractivity contribution in [3.63, 3.8) is 0 Å². The first-order chi connectivity index (χ1) is 8.11. The van der Waals surface area contributed by atoms with Crippen molar-refractivity contribution in [1.82, 2.24) is 0 Å². The van der Waals surface area contributed by atoms with Gasteiger partial charge in [-0.15, -0.1) is 11.3 Å². The monoisotopic (exact) mass is 248 g/mol. The Bertz CT molecular complexity index is 540. The minimum Gasteiger partial charge on any atom is -0.506 e. The average molecular weight is 248 g/mol. The first-order valence-corrected chi connectivity index (χ1v) is 5.91. The number of rotatable bonds is 3. The summed E-state index contributed by atoms with van der Waals surface area (Å²) in [7, 11) is 1.61. The molecule has 0 radical (unpaired) electrons. The van der Waals surface area contributed by atoms with Crippen molar-refractivity contribution in [3.8, 4) is 21.9 Å². The Balaban J connectivity index is 2.39. The number of Topliss-reactive ketones (excluding diaryl/α,β-unsaturated/α-hetero) is 1. The maximum absolute atomic E-state index is 11.2. The highest BCUT2D eigenvalue weighted by Gasteiger charge is 2.13. The Kier molecular flexibility index (Phi) is 3.15. The van der Waals surface area contributed by atoms with Gasteiger partial charge in [0.25, 0.3) is 0 Å². The Labute approximate surface area is 103 Å². The third kappa shape index (κ3) is 2.31. The van der Waals surface area contributed by atoms with Crippen LogP contribution in [0.5, 0.6) is 11.5 Å². The smallest absolute Gasteiger partial charge is 0.173 e. The Hall–Kier alpha value is -1.81. The van der Waals surface area contributed by atoms with Crippen LogP contribution in [0.15, 0.2) is 30.3 Å². The summed E-state index contributed by atoms with van der Waals surface area (Å²) in [4.78, 5) is 12.5. The number of carbonyl (C=O) groups is 1. The summed E-state index contributed by atoms with van der Waals surface area (Å²) in [6.07, 6.45) is 0. The second kappa shape index (κ2) is 4.59. The number of methoxy groups -OCH3 is 1. The molecule has 0 bridgehead atoms. The van der Waals surface area contributed by atoms with Crippen LogP contribution >= 0.6 is 11.3 Å². The highest BCUT2D eigenvalue weighted by atomic mass is 32.1. The molecule has 1 aromatic heterocycles. The van der Waals surface area contributed by atoms with E-state index in [4.69, 9.17) is 4.74 Å². The van der Waals surface area contributed by atoms with Crippen LogP contribution in [0.2, 0.25) is 0 Å². The van der Waals surface area contributed by atoms with Crippen LogP contribution in [0.1, 0.15) is 16.6 Å². The second-order valence-electron chi connectivity index (χ2n) is 3.61. The molecule has 0 saturated heterocycles. The summed E-state index contributed by atoms with van der Waals surface area (Å²) < 4.78 is 5.07. The van der Waals surface area contributed by atoms with E-state index in [2.05, 4.69) is 0 Å². The molecule has 0 unspecified atom stereocenters. The zero-order valence-electron chi connectivity index (χ0n) is 9.56. The van der Waals surface area contributed by atoms with Crippen molar-refractivity contribution in [1.29, 1.82) is 0 Å². The lowest BCUT2D eigenvalue weighted by atomic mass is 10.2. The van der Waals surface area contributed by atoms with Gasteiger partial charge in [-0.25, -0.2) is 0 Å². The van der Waals surface area contributed by atoms with Gasteiger partial charge >= 0.3 is 0 Å². The fourth-order valence-electron chi connectivity index (χ4n) is 1.53. The van der Waals surface area contributed by atoms with Crippen molar-refractivity contribution in [3.05, 3.63) is 35.2 Å². The molecule has 4 heteroatoms. The summed E-state index contributed by atoms with van der Waals surface area (Å²) in [5.74, 6) is 0.710. The van der Waals surface area contributed by atoms with Gasteiger partial charge in [-0.2, -0.15) is 0 Å². The van der Waals surface area contributed by atoms with Crippen LogP contribution in [0.4, 0.5) is 0 Å². The number of ether oxygens (including phenoxy) is 1. The van der Waals surface area contributed by atoms with Crippen molar-refractivity contribution in [2.24, 2.45) is 0 Å². The van der Waals surface area contributed by atoms with E-state index in [1.165, 1.54) is 18.3 Å². The minimum atomic E-state index is -0.118. The first kappa shape index (κ1) is 11.7. The minimum absolute atomic E-state index is 0.0494. The van der Waals surface area contributed by atoms with E-state index in [-0.39, 0.29) is 11.5 Å². The zero-order valence-corrected chi connectivity index (χ0v) is 10.4. The third-order valence-corrected chi connectivity index (χ3v) is 3.68. The van der Waals surface area contributed by atoms with E-state index < -0.39 is 0 Å². The average Bonchev–Trinajstić information content (AvgIpc) is 2.71. The summed E-state index contributed by atoms with van der Waals surface area (Å²) in [6.45, 7) is 1.45. The molecule has 2 rings (SSSR count). The maximum atomic E-state index is 11.2. The zero-order chi connectivity index (χ0) is 12.4. The van der Waals surface area contributed by atoms with Gasteiger partial charge in [0.2, 0.25) is 0 Å². The fraction of sp³-hybridized carbons (Fsp3) is 0.154. The lowest BCUT2D eigenvalue weighted by Gasteiger charge is -2.00. The van der Waals surface area contributed by atoms with Gasteiger partial charge in [0, 0.05) is 11.8 Å². The van der Waals surface area contributed by atoms with Gasteiger partial charge in [-0.05, 0) is 35.9 Å². The second-order valence-corrected chi connectivity index (χ2v) is 4.66. The van der Waals surface area contributed by atoms with E-state index in [0.717, 1.165) is 16.2 Å². The third-order valence-electron chi connectivity index (χ3n) is 2.41. The number of carbonyl (C=O) groups excluding carboxylic acids is 1. The molecule has 0 saturated carbocycles. The largest absolute Gasteiger partial charge is 0.506 e. The van der Waals surface area contributed by atoms with Crippen LogP contribution < -0.4 is 4.74 Å². The molecular weight excluding hydrogens is 236 g/mol. The molecule has 0 aliphatic heterocycles. The van der Waals surface area contributed by atoms with Gasteiger partial charge in [-0.3, -0.25) is 4.79 Å². The number of hydrogen-bond donors (Lipinski definition) is 1. The summed E-state index contributed by atoms with van der Waals surface area (Å²) in [5, 5.41) is 9.63. The van der Waals surface area contributed by atoms with Gasteiger partial charge in [0.05, 0.1) is 7.11 Å². The molecule has 2 aromatic rings. The Morgan fingerprint density at radius 3 is 2.41 bits per heavy atom. The lowest BCUT2D eigenvalue weighted by Crippen LogP contribution is -1.85. The molecule has 0 aliphatic carbocycles. The molecule has 1 heterocycles. The van der Waals surface area contributed by atoms with Gasteiger partial charge in [0.1, 0.15) is 16.4 Å². The van der Waals surface area contributed by atoms with Crippen molar-refractivity contribution in [2.75, 3.05) is 7.11 Å². The number of ketones is 1. The van der Waals surface area contributed by atoms with Crippen LogP contribution in [0.25, 0.3) is 10.4 Å². The maximum Gasteiger partial charge on any atom is 0.173 e. The molecule has 1 aromatic carbocycles. The number of thiophene rings is 1. The van der Waals surface area contributed by atoms with E-state index >= 15 is 0 Å². The van der Waals surface area contributed by atoms with E-state index in [1.54, 1.807) is 13.2 Å². The molecule has 3 nitrogen and oxygen atoms in total. The molecule has 0 aliphatic rings. The van der Waals surface area contributed by atoms with Gasteiger partial charge in [-0.1, -0.05) is 0 Å². The molecule has 0 amide bonds. The SMILES string of the molecule is COc1ccc(-c2cc(O)c(C(C)=O)s2)cc1. The van der Waals surface area contributed by atoms with Gasteiger partial charge in [0.15, 0.2) is 5.78 Å². The molecule has 88 valence electrons. The first-order valence-electron chi connectivity index (χ1n) is 5.10. The Morgan fingerprint density at radius 2 is 1.94 bits per heavy atom. The lowest BCUT2D eigenvalue weighted by molar-refractivity contribution is 0.101. The summed E-state index contributed by atoms with van der Waals surface area (Å²) >= 11 is 1.29. The van der Waals surface area contributed by atoms with Crippen LogP contribution in [0, 0.1) is 0 Å². The predicted octanol–water partition coefficient (Wildman–Crippen LogP) is 3.33. The van der Waals surface area contributed by atoms with Gasteiger partial charge < -0.3 is 9.84 Å². The normalized spacial score (nSPS) is 10.2. The van der Waals surface area contributed by atoms with Crippen LogP contribution in [-0.2, 0) is 0 Å². The standard InChI is InChI=1S/C13H12O3S/c1-8(14)13-11(15)7-12(17-13)9-3-5-10(16-2)6-4-9/h3-7,15H,1-2H3. The fourth-order valence-corrected chi connectivity index (χ4v) is 2.48. The predicted molar refractivity (Wildman–Crippen MR) is 68.0 cm³/mol.